The number of hydrogen-bond acceptors (Lipinski definition) is 5. The molecule has 1 aromatic carbocycles. The van der Waals surface area contributed by atoms with Crippen LogP contribution in [-0.4, -0.2) is 46.8 Å². The van der Waals surface area contributed by atoms with Crippen LogP contribution in [0.3, 0.4) is 0 Å². The molecule has 1 aromatic rings. The third-order valence-corrected chi connectivity index (χ3v) is 6.10. The van der Waals surface area contributed by atoms with E-state index >= 15 is 0 Å². The highest BCUT2D eigenvalue weighted by Gasteiger charge is 2.31. The summed E-state index contributed by atoms with van der Waals surface area (Å²) in [5, 5.41) is 8.13. The molecule has 0 radical (unpaired) electrons. The Morgan fingerprint density at radius 1 is 1.25 bits per heavy atom. The highest BCUT2D eigenvalue weighted by atomic mass is 32.2. The van der Waals surface area contributed by atoms with Crippen molar-refractivity contribution < 1.29 is 16.8 Å². The van der Waals surface area contributed by atoms with Crippen molar-refractivity contribution in [2.75, 3.05) is 19.6 Å². The monoisotopic (exact) mass is 319 g/mol. The molecule has 0 saturated carbocycles. The van der Waals surface area contributed by atoms with Gasteiger partial charge in [-0.25, -0.2) is 22.0 Å². The fourth-order valence-corrected chi connectivity index (χ4v) is 4.44. The topological polar surface area (TPSA) is 110 Å². The van der Waals surface area contributed by atoms with Crippen molar-refractivity contribution >= 4 is 20.0 Å². The average Bonchev–Trinajstić information content (AvgIpc) is 2.38. The minimum atomic E-state index is -3.93. The highest BCUT2D eigenvalue weighted by molar-refractivity contribution is 7.90. The first-order valence-corrected chi connectivity index (χ1v) is 9.07. The van der Waals surface area contributed by atoms with Crippen molar-refractivity contribution in [2.45, 2.75) is 22.8 Å². The van der Waals surface area contributed by atoms with Gasteiger partial charge in [0.2, 0.25) is 20.0 Å². The Kier molecular flexibility index (Phi) is 4.17. The van der Waals surface area contributed by atoms with E-state index in [1.165, 1.54) is 22.5 Å². The molecule has 20 heavy (non-hydrogen) atoms. The SMILES string of the molecule is C[C@H]1CNCCN1S(=O)(=O)c1cccc(S(N)(=O)=O)c1. The normalized spacial score (nSPS) is 21.8. The van der Waals surface area contributed by atoms with Crippen LogP contribution in [0.4, 0.5) is 0 Å². The lowest BCUT2D eigenvalue weighted by atomic mass is 10.3. The lowest BCUT2D eigenvalue weighted by Gasteiger charge is -2.32. The molecule has 2 rings (SSSR count). The zero-order valence-electron chi connectivity index (χ0n) is 11.0. The van der Waals surface area contributed by atoms with Gasteiger partial charge in [-0.3, -0.25) is 0 Å². The number of hydrogen-bond donors (Lipinski definition) is 2. The van der Waals surface area contributed by atoms with Gasteiger partial charge >= 0.3 is 0 Å². The zero-order valence-corrected chi connectivity index (χ0v) is 12.6. The minimum absolute atomic E-state index is 0.0576. The average molecular weight is 319 g/mol. The van der Waals surface area contributed by atoms with Crippen molar-refractivity contribution in [1.29, 1.82) is 0 Å². The summed E-state index contributed by atoms with van der Waals surface area (Å²) in [6, 6.07) is 4.93. The maximum absolute atomic E-state index is 12.5. The molecule has 1 aliphatic heterocycles. The summed E-state index contributed by atoms with van der Waals surface area (Å²) in [4.78, 5) is -0.265. The number of benzene rings is 1. The number of rotatable bonds is 3. The van der Waals surface area contributed by atoms with E-state index in [9.17, 15) is 16.8 Å². The number of primary sulfonamides is 1. The smallest absolute Gasteiger partial charge is 0.243 e. The van der Waals surface area contributed by atoms with E-state index in [0.717, 1.165) is 6.07 Å². The van der Waals surface area contributed by atoms with Crippen LogP contribution < -0.4 is 10.5 Å². The van der Waals surface area contributed by atoms with E-state index in [0.29, 0.717) is 19.6 Å². The summed E-state index contributed by atoms with van der Waals surface area (Å²) in [5.74, 6) is 0. The summed E-state index contributed by atoms with van der Waals surface area (Å²) in [5.41, 5.74) is 0. The Labute approximate surface area is 118 Å². The zero-order chi connectivity index (χ0) is 15.0. The minimum Gasteiger partial charge on any atom is -0.314 e. The Hall–Kier alpha value is -1.00. The summed E-state index contributed by atoms with van der Waals surface area (Å²) < 4.78 is 49.1. The molecule has 0 unspecified atom stereocenters. The summed E-state index contributed by atoms with van der Waals surface area (Å²) >= 11 is 0. The van der Waals surface area contributed by atoms with Crippen LogP contribution in [0.25, 0.3) is 0 Å². The molecule has 0 bridgehead atoms. The third kappa shape index (κ3) is 3.01. The van der Waals surface area contributed by atoms with Gasteiger partial charge in [0.1, 0.15) is 0 Å². The van der Waals surface area contributed by atoms with Crippen LogP contribution in [0, 0.1) is 0 Å². The predicted octanol–water partition coefficient (Wildman–Crippen LogP) is -0.684. The summed E-state index contributed by atoms with van der Waals surface area (Å²) in [6.07, 6.45) is 0. The van der Waals surface area contributed by atoms with Crippen LogP contribution in [-0.2, 0) is 20.0 Å². The first-order chi connectivity index (χ1) is 9.23. The molecule has 0 aromatic heterocycles. The van der Waals surface area contributed by atoms with Crippen LogP contribution >= 0.6 is 0 Å². The first-order valence-electron chi connectivity index (χ1n) is 6.08. The van der Waals surface area contributed by atoms with E-state index in [1.54, 1.807) is 6.92 Å². The van der Waals surface area contributed by atoms with Gasteiger partial charge in [0.15, 0.2) is 0 Å². The molecular weight excluding hydrogens is 302 g/mol. The Morgan fingerprint density at radius 3 is 2.50 bits per heavy atom. The van der Waals surface area contributed by atoms with Gasteiger partial charge in [-0.2, -0.15) is 4.31 Å². The number of nitrogens with two attached hydrogens (primary N) is 1. The van der Waals surface area contributed by atoms with Gasteiger partial charge < -0.3 is 5.32 Å². The molecule has 0 aliphatic carbocycles. The molecular formula is C11H17N3O4S2. The second-order valence-corrected chi connectivity index (χ2v) is 8.14. The van der Waals surface area contributed by atoms with E-state index in [-0.39, 0.29) is 15.8 Å². The number of piperazine rings is 1. The van der Waals surface area contributed by atoms with E-state index in [2.05, 4.69) is 5.32 Å². The molecule has 1 fully saturated rings. The van der Waals surface area contributed by atoms with Crippen molar-refractivity contribution in [3.63, 3.8) is 0 Å². The lowest BCUT2D eigenvalue weighted by Crippen LogP contribution is -2.52. The summed E-state index contributed by atoms with van der Waals surface area (Å²) in [7, 11) is -7.65. The van der Waals surface area contributed by atoms with Gasteiger partial charge in [-0.05, 0) is 25.1 Å². The Balaban J connectivity index is 2.44. The lowest BCUT2D eigenvalue weighted by molar-refractivity contribution is 0.284. The molecule has 7 nitrogen and oxygen atoms in total. The second kappa shape index (κ2) is 5.41. The van der Waals surface area contributed by atoms with Crippen molar-refractivity contribution in [3.05, 3.63) is 24.3 Å². The molecule has 3 N–H and O–H groups in total. The molecule has 9 heteroatoms. The first kappa shape index (κ1) is 15.4. The number of nitrogens with one attached hydrogen (secondary N) is 1. The fraction of sp³-hybridized carbons (Fsp3) is 0.455. The maximum atomic E-state index is 12.5. The van der Waals surface area contributed by atoms with Crippen LogP contribution in [0.1, 0.15) is 6.92 Å². The molecule has 1 saturated heterocycles. The van der Waals surface area contributed by atoms with Gasteiger partial charge in [-0.1, -0.05) is 6.07 Å². The summed E-state index contributed by atoms with van der Waals surface area (Å²) in [6.45, 7) is 3.28. The second-order valence-electron chi connectivity index (χ2n) is 4.69. The number of nitrogens with zero attached hydrogens (tertiary/aromatic N) is 1. The molecule has 0 amide bonds. The molecule has 0 spiro atoms. The van der Waals surface area contributed by atoms with Gasteiger partial charge in [0.25, 0.3) is 0 Å². The van der Waals surface area contributed by atoms with E-state index < -0.39 is 20.0 Å². The largest absolute Gasteiger partial charge is 0.314 e. The Bertz CT molecular complexity index is 700. The van der Waals surface area contributed by atoms with Crippen molar-refractivity contribution in [2.24, 2.45) is 5.14 Å². The van der Waals surface area contributed by atoms with Crippen molar-refractivity contribution in [3.8, 4) is 0 Å². The Morgan fingerprint density at radius 2 is 1.90 bits per heavy atom. The maximum Gasteiger partial charge on any atom is 0.243 e. The van der Waals surface area contributed by atoms with Crippen LogP contribution in [0.5, 0.6) is 0 Å². The van der Waals surface area contributed by atoms with Crippen LogP contribution in [0.15, 0.2) is 34.1 Å². The van der Waals surface area contributed by atoms with Crippen molar-refractivity contribution in [1.82, 2.24) is 9.62 Å². The third-order valence-electron chi connectivity index (χ3n) is 3.18. The molecule has 1 aliphatic rings. The van der Waals surface area contributed by atoms with E-state index in [1.807, 2.05) is 0 Å². The quantitative estimate of drug-likeness (QED) is 0.767. The van der Waals surface area contributed by atoms with E-state index in [4.69, 9.17) is 5.14 Å². The van der Waals surface area contributed by atoms with Gasteiger partial charge in [0.05, 0.1) is 9.79 Å². The predicted molar refractivity (Wildman–Crippen MR) is 74.0 cm³/mol. The molecule has 1 heterocycles. The molecule has 112 valence electrons. The number of sulfonamides is 2. The van der Waals surface area contributed by atoms with Gasteiger partial charge in [0, 0.05) is 25.7 Å². The standard InChI is InChI=1S/C11H17N3O4S2/c1-9-8-13-5-6-14(9)20(17,18)11-4-2-3-10(7-11)19(12,15)16/h2-4,7,9,13H,5-6,8H2,1H3,(H2,12,15,16)/t9-/m0/s1. The van der Waals surface area contributed by atoms with Gasteiger partial charge in [-0.15, -0.1) is 0 Å². The van der Waals surface area contributed by atoms with Crippen LogP contribution in [0.2, 0.25) is 0 Å². The molecule has 1 atom stereocenters. The fourth-order valence-electron chi connectivity index (χ4n) is 2.13. The highest BCUT2D eigenvalue weighted by Crippen LogP contribution is 2.21.